The monoisotopic (exact) mass is 155 g/mol. The van der Waals surface area contributed by atoms with E-state index in [0.717, 1.165) is 25.9 Å². The van der Waals surface area contributed by atoms with E-state index in [1.165, 1.54) is 0 Å². The second-order valence-corrected chi connectivity index (χ2v) is 2.76. The van der Waals surface area contributed by atoms with Gasteiger partial charge in [-0.15, -0.1) is 0 Å². The molecule has 3 nitrogen and oxygen atoms in total. The normalized spacial score (nSPS) is 29.9. The quantitative estimate of drug-likeness (QED) is 0.455. The van der Waals surface area contributed by atoms with E-state index in [-0.39, 0.29) is 6.04 Å². The fourth-order valence-electron chi connectivity index (χ4n) is 1.50. The average Bonchev–Trinajstić information content (AvgIpc) is 2.38. The number of rotatable bonds is 3. The van der Waals surface area contributed by atoms with Crippen molar-refractivity contribution in [2.75, 3.05) is 6.61 Å². The van der Waals surface area contributed by atoms with Gasteiger partial charge in [0.25, 0.3) is 0 Å². The summed E-state index contributed by atoms with van der Waals surface area (Å²) in [6.45, 7) is 2.73. The van der Waals surface area contributed by atoms with Gasteiger partial charge < -0.3 is 4.74 Å². The molecule has 0 N–H and O–H groups in total. The summed E-state index contributed by atoms with van der Waals surface area (Å²) in [5.74, 6) is 0. The zero-order valence-corrected chi connectivity index (χ0v) is 6.75. The maximum Gasteiger partial charge on any atom is 0.235 e. The van der Waals surface area contributed by atoms with E-state index in [2.05, 4.69) is 4.99 Å². The summed E-state index contributed by atoms with van der Waals surface area (Å²) in [5, 5.41) is 0. The number of carbonyl (C=O) groups excluding carboxylic acids is 1. The maximum absolute atomic E-state index is 9.89. The third kappa shape index (κ3) is 2.45. The van der Waals surface area contributed by atoms with Crippen LogP contribution in [0.5, 0.6) is 0 Å². The number of isocyanates is 1. The smallest absolute Gasteiger partial charge is 0.235 e. The Morgan fingerprint density at radius 3 is 3.09 bits per heavy atom. The molecule has 1 saturated carbocycles. The molecule has 1 rings (SSSR count). The molecule has 0 amide bonds. The van der Waals surface area contributed by atoms with Crippen molar-refractivity contribution in [1.82, 2.24) is 0 Å². The van der Waals surface area contributed by atoms with Crippen molar-refractivity contribution in [1.29, 1.82) is 0 Å². The van der Waals surface area contributed by atoms with E-state index in [9.17, 15) is 4.79 Å². The highest BCUT2D eigenvalue weighted by Gasteiger charge is 2.24. The lowest BCUT2D eigenvalue weighted by molar-refractivity contribution is 0.0676. The summed E-state index contributed by atoms with van der Waals surface area (Å²) in [6.07, 6.45) is 4.81. The van der Waals surface area contributed by atoms with Crippen LogP contribution in [0.25, 0.3) is 0 Å². The molecule has 0 saturated heterocycles. The van der Waals surface area contributed by atoms with E-state index >= 15 is 0 Å². The van der Waals surface area contributed by atoms with Gasteiger partial charge in [-0.1, -0.05) is 0 Å². The number of hydrogen-bond donors (Lipinski definition) is 0. The SMILES string of the molecule is CCOC1CCC(N=C=O)C1. The summed E-state index contributed by atoms with van der Waals surface area (Å²) >= 11 is 0. The molecule has 0 radical (unpaired) electrons. The Balaban J connectivity index is 2.28. The largest absolute Gasteiger partial charge is 0.378 e. The van der Waals surface area contributed by atoms with Gasteiger partial charge in [0, 0.05) is 6.61 Å². The molecule has 0 aromatic rings. The molecular formula is C8H13NO2. The van der Waals surface area contributed by atoms with Crippen molar-refractivity contribution in [3.63, 3.8) is 0 Å². The van der Waals surface area contributed by atoms with Crippen molar-refractivity contribution in [3.8, 4) is 0 Å². The average molecular weight is 155 g/mol. The Morgan fingerprint density at radius 2 is 2.45 bits per heavy atom. The molecule has 0 spiro atoms. The molecule has 11 heavy (non-hydrogen) atoms. The van der Waals surface area contributed by atoms with E-state index in [1.54, 1.807) is 6.08 Å². The zero-order valence-electron chi connectivity index (χ0n) is 6.75. The van der Waals surface area contributed by atoms with Crippen LogP contribution < -0.4 is 0 Å². The maximum atomic E-state index is 9.89. The van der Waals surface area contributed by atoms with Crippen LogP contribution in [0.1, 0.15) is 26.2 Å². The Hall–Kier alpha value is -0.660. The Kier molecular flexibility index (Phi) is 3.27. The van der Waals surface area contributed by atoms with Crippen LogP contribution in [0, 0.1) is 0 Å². The molecule has 2 atom stereocenters. The molecule has 0 bridgehead atoms. The molecule has 0 heterocycles. The summed E-state index contributed by atoms with van der Waals surface area (Å²) < 4.78 is 5.39. The number of ether oxygens (including phenoxy) is 1. The van der Waals surface area contributed by atoms with E-state index in [4.69, 9.17) is 4.74 Å². The van der Waals surface area contributed by atoms with E-state index < -0.39 is 0 Å². The molecular weight excluding hydrogens is 142 g/mol. The first-order valence-corrected chi connectivity index (χ1v) is 4.05. The van der Waals surface area contributed by atoms with Crippen LogP contribution in [0.3, 0.4) is 0 Å². The minimum atomic E-state index is 0.170. The van der Waals surface area contributed by atoms with E-state index in [1.807, 2.05) is 6.92 Å². The molecule has 0 aromatic carbocycles. The highest BCUT2D eigenvalue weighted by atomic mass is 16.5. The highest BCUT2D eigenvalue weighted by molar-refractivity contribution is 5.33. The first-order valence-electron chi connectivity index (χ1n) is 4.05. The van der Waals surface area contributed by atoms with E-state index in [0.29, 0.717) is 6.10 Å². The summed E-state index contributed by atoms with van der Waals surface area (Å²) in [7, 11) is 0. The first-order chi connectivity index (χ1) is 5.36. The van der Waals surface area contributed by atoms with Crippen molar-refractivity contribution >= 4 is 6.08 Å². The van der Waals surface area contributed by atoms with Gasteiger partial charge in [-0.25, -0.2) is 9.79 Å². The van der Waals surface area contributed by atoms with Crippen LogP contribution in [0.2, 0.25) is 0 Å². The summed E-state index contributed by atoms with van der Waals surface area (Å²) in [4.78, 5) is 13.6. The molecule has 1 aliphatic rings. The van der Waals surface area contributed by atoms with Gasteiger partial charge in [-0.3, -0.25) is 0 Å². The highest BCUT2D eigenvalue weighted by Crippen LogP contribution is 2.23. The summed E-state index contributed by atoms with van der Waals surface area (Å²) in [5.41, 5.74) is 0. The predicted octanol–water partition coefficient (Wildman–Crippen LogP) is 1.28. The molecule has 0 aromatic heterocycles. The summed E-state index contributed by atoms with van der Waals surface area (Å²) in [6, 6.07) is 0.170. The van der Waals surface area contributed by atoms with Crippen molar-refractivity contribution in [2.45, 2.75) is 38.3 Å². The van der Waals surface area contributed by atoms with Gasteiger partial charge in [0.05, 0.1) is 12.1 Å². The van der Waals surface area contributed by atoms with Crippen LogP contribution in [-0.4, -0.2) is 24.8 Å². The fraction of sp³-hybridized carbons (Fsp3) is 0.875. The Labute approximate surface area is 66.5 Å². The minimum Gasteiger partial charge on any atom is -0.378 e. The lowest BCUT2D eigenvalue weighted by Crippen LogP contribution is -2.08. The fourth-order valence-corrected chi connectivity index (χ4v) is 1.50. The van der Waals surface area contributed by atoms with Crippen LogP contribution in [0.15, 0.2) is 4.99 Å². The topological polar surface area (TPSA) is 38.7 Å². The first kappa shape index (κ1) is 8.44. The van der Waals surface area contributed by atoms with Gasteiger partial charge in [0.1, 0.15) is 0 Å². The second kappa shape index (κ2) is 4.27. The zero-order chi connectivity index (χ0) is 8.10. The lowest BCUT2D eigenvalue weighted by atomic mass is 10.3. The molecule has 1 fully saturated rings. The lowest BCUT2D eigenvalue weighted by Gasteiger charge is -2.07. The molecule has 0 aliphatic heterocycles. The standard InChI is InChI=1S/C8H13NO2/c1-2-11-8-4-3-7(5-8)9-6-10/h7-8H,2-5H2,1H3. The third-order valence-corrected chi connectivity index (χ3v) is 1.99. The predicted molar refractivity (Wildman–Crippen MR) is 41.2 cm³/mol. The number of nitrogens with zero attached hydrogens (tertiary/aromatic N) is 1. The van der Waals surface area contributed by atoms with Crippen LogP contribution >= 0.6 is 0 Å². The van der Waals surface area contributed by atoms with Crippen LogP contribution in [0.4, 0.5) is 0 Å². The van der Waals surface area contributed by atoms with Gasteiger partial charge >= 0.3 is 0 Å². The van der Waals surface area contributed by atoms with Gasteiger partial charge in [0.2, 0.25) is 6.08 Å². The van der Waals surface area contributed by atoms with Gasteiger partial charge in [0.15, 0.2) is 0 Å². The van der Waals surface area contributed by atoms with Crippen molar-refractivity contribution in [2.24, 2.45) is 4.99 Å². The third-order valence-electron chi connectivity index (χ3n) is 1.99. The Bertz CT molecular complexity index is 163. The number of aliphatic imine (C=N–C) groups is 1. The van der Waals surface area contributed by atoms with Gasteiger partial charge in [-0.2, -0.15) is 0 Å². The van der Waals surface area contributed by atoms with Gasteiger partial charge in [-0.05, 0) is 26.2 Å². The molecule has 62 valence electrons. The Morgan fingerprint density at radius 1 is 1.64 bits per heavy atom. The number of hydrogen-bond acceptors (Lipinski definition) is 3. The molecule has 2 unspecified atom stereocenters. The van der Waals surface area contributed by atoms with Crippen molar-refractivity contribution < 1.29 is 9.53 Å². The van der Waals surface area contributed by atoms with Crippen LogP contribution in [-0.2, 0) is 9.53 Å². The molecule has 1 aliphatic carbocycles. The minimum absolute atomic E-state index is 0.170. The molecule has 3 heteroatoms. The van der Waals surface area contributed by atoms with Crippen molar-refractivity contribution in [3.05, 3.63) is 0 Å². The second-order valence-electron chi connectivity index (χ2n) is 2.76.